The van der Waals surface area contributed by atoms with E-state index in [9.17, 15) is 14.9 Å². The minimum atomic E-state index is -0.438. The van der Waals surface area contributed by atoms with Crippen molar-refractivity contribution in [3.05, 3.63) is 46.0 Å². The molecule has 0 fully saturated rings. The lowest BCUT2D eigenvalue weighted by Gasteiger charge is -1.96. The number of ketones is 1. The van der Waals surface area contributed by atoms with Gasteiger partial charge in [-0.15, -0.1) is 0 Å². The summed E-state index contributed by atoms with van der Waals surface area (Å²) in [4.78, 5) is 21.6. The molecule has 0 saturated carbocycles. The van der Waals surface area contributed by atoms with Crippen LogP contribution in [-0.4, -0.2) is 10.7 Å². The van der Waals surface area contributed by atoms with E-state index >= 15 is 0 Å². The predicted octanol–water partition coefficient (Wildman–Crippen LogP) is 4.15. The van der Waals surface area contributed by atoms with Crippen LogP contribution in [0.15, 0.2) is 30.3 Å². The van der Waals surface area contributed by atoms with Gasteiger partial charge in [0, 0.05) is 18.6 Å². The van der Waals surface area contributed by atoms with E-state index in [-0.39, 0.29) is 11.5 Å². The van der Waals surface area contributed by atoms with Gasteiger partial charge in [0.1, 0.15) is 0 Å². The normalized spacial score (nSPS) is 10.8. The van der Waals surface area contributed by atoms with Gasteiger partial charge in [-0.1, -0.05) is 32.3 Å². The summed E-state index contributed by atoms with van der Waals surface area (Å²) < 4.78 is 0. The molecule has 0 aliphatic carbocycles. The molecule has 1 rings (SSSR count). The molecule has 0 bridgehead atoms. The van der Waals surface area contributed by atoms with Crippen molar-refractivity contribution in [3.8, 4) is 0 Å². The molecule has 0 atom stereocenters. The van der Waals surface area contributed by atoms with Gasteiger partial charge in [-0.3, -0.25) is 14.9 Å². The van der Waals surface area contributed by atoms with E-state index in [0.717, 1.165) is 24.8 Å². The molecule has 0 unspecified atom stereocenters. The first-order chi connectivity index (χ1) is 9.13. The second kappa shape index (κ2) is 8.19. The van der Waals surface area contributed by atoms with Gasteiger partial charge in [-0.05, 0) is 30.2 Å². The lowest BCUT2D eigenvalue weighted by Crippen LogP contribution is -1.92. The molecule has 0 amide bonds. The monoisotopic (exact) mass is 261 g/mol. The van der Waals surface area contributed by atoms with Crippen molar-refractivity contribution in [2.75, 3.05) is 0 Å². The fraction of sp³-hybridized carbons (Fsp3) is 0.400. The Morgan fingerprint density at radius 2 is 1.89 bits per heavy atom. The Kier molecular flexibility index (Phi) is 6.50. The van der Waals surface area contributed by atoms with Crippen molar-refractivity contribution >= 4 is 17.5 Å². The zero-order chi connectivity index (χ0) is 14.1. The number of benzene rings is 1. The third-order valence-corrected chi connectivity index (χ3v) is 2.84. The van der Waals surface area contributed by atoms with Crippen LogP contribution in [0.5, 0.6) is 0 Å². The van der Waals surface area contributed by atoms with Crippen LogP contribution in [0, 0.1) is 10.1 Å². The molecule has 0 aromatic heterocycles. The van der Waals surface area contributed by atoms with E-state index in [4.69, 9.17) is 0 Å². The highest BCUT2D eigenvalue weighted by Crippen LogP contribution is 2.13. The Labute approximate surface area is 113 Å². The van der Waals surface area contributed by atoms with Crippen LogP contribution in [0.25, 0.3) is 6.08 Å². The summed E-state index contributed by atoms with van der Waals surface area (Å²) in [5, 5.41) is 10.5. The Hall–Kier alpha value is -1.97. The number of rotatable bonds is 8. The molecule has 19 heavy (non-hydrogen) atoms. The van der Waals surface area contributed by atoms with Crippen LogP contribution < -0.4 is 0 Å². The van der Waals surface area contributed by atoms with Crippen molar-refractivity contribution in [1.29, 1.82) is 0 Å². The molecule has 0 aliphatic heterocycles. The van der Waals surface area contributed by atoms with Crippen molar-refractivity contribution < 1.29 is 9.72 Å². The maximum atomic E-state index is 11.6. The molecule has 0 N–H and O–H groups in total. The molecule has 102 valence electrons. The van der Waals surface area contributed by atoms with Crippen molar-refractivity contribution in [2.24, 2.45) is 0 Å². The Morgan fingerprint density at radius 3 is 2.47 bits per heavy atom. The minimum absolute atomic E-state index is 0.0584. The highest BCUT2D eigenvalue weighted by atomic mass is 16.6. The summed E-state index contributed by atoms with van der Waals surface area (Å²) in [5.74, 6) is 0.106. The second-order valence-corrected chi connectivity index (χ2v) is 4.46. The van der Waals surface area contributed by atoms with Gasteiger partial charge in [0.25, 0.3) is 5.69 Å². The average molecular weight is 261 g/mol. The summed E-state index contributed by atoms with van der Waals surface area (Å²) in [6.07, 6.45) is 8.17. The molecule has 0 spiro atoms. The third kappa shape index (κ3) is 5.95. The number of nitro benzene ring substituents is 1. The zero-order valence-corrected chi connectivity index (χ0v) is 11.2. The van der Waals surface area contributed by atoms with Crippen LogP contribution in [0.1, 0.15) is 44.6 Å². The highest BCUT2D eigenvalue weighted by Gasteiger charge is 2.02. The highest BCUT2D eigenvalue weighted by molar-refractivity contribution is 5.93. The van der Waals surface area contributed by atoms with E-state index < -0.39 is 4.92 Å². The Morgan fingerprint density at radius 1 is 1.21 bits per heavy atom. The summed E-state index contributed by atoms with van der Waals surface area (Å²) in [6, 6.07) is 6.15. The molecule has 4 nitrogen and oxygen atoms in total. The fourth-order valence-corrected chi connectivity index (χ4v) is 1.71. The second-order valence-electron chi connectivity index (χ2n) is 4.46. The van der Waals surface area contributed by atoms with Gasteiger partial charge in [0.05, 0.1) is 4.92 Å². The number of nitrogens with zero attached hydrogens (tertiary/aromatic N) is 1. The number of hydrogen-bond acceptors (Lipinski definition) is 3. The van der Waals surface area contributed by atoms with Crippen LogP contribution in [0.4, 0.5) is 5.69 Å². The van der Waals surface area contributed by atoms with E-state index in [0.29, 0.717) is 6.42 Å². The van der Waals surface area contributed by atoms with Crippen LogP contribution >= 0.6 is 0 Å². The van der Waals surface area contributed by atoms with Crippen LogP contribution in [0.3, 0.4) is 0 Å². The third-order valence-electron chi connectivity index (χ3n) is 2.84. The van der Waals surface area contributed by atoms with Gasteiger partial charge >= 0.3 is 0 Å². The van der Waals surface area contributed by atoms with Crippen molar-refractivity contribution in [1.82, 2.24) is 0 Å². The van der Waals surface area contributed by atoms with Crippen molar-refractivity contribution in [3.63, 3.8) is 0 Å². The fourth-order valence-electron chi connectivity index (χ4n) is 1.71. The SMILES string of the molecule is CCCCCCC(=O)C=Cc1ccc([N+](=O)[O-])cc1. The predicted molar refractivity (Wildman–Crippen MR) is 75.9 cm³/mol. The van der Waals surface area contributed by atoms with Crippen LogP contribution in [0.2, 0.25) is 0 Å². The van der Waals surface area contributed by atoms with Gasteiger partial charge in [-0.25, -0.2) is 0 Å². The van der Waals surface area contributed by atoms with Crippen LogP contribution in [-0.2, 0) is 4.79 Å². The topological polar surface area (TPSA) is 60.2 Å². The number of carbonyl (C=O) groups excluding carboxylic acids is 1. The minimum Gasteiger partial charge on any atom is -0.295 e. The molecule has 4 heteroatoms. The molecular weight excluding hydrogens is 242 g/mol. The first-order valence-electron chi connectivity index (χ1n) is 6.59. The summed E-state index contributed by atoms with van der Waals surface area (Å²) in [7, 11) is 0. The summed E-state index contributed by atoms with van der Waals surface area (Å²) >= 11 is 0. The first-order valence-corrected chi connectivity index (χ1v) is 6.59. The smallest absolute Gasteiger partial charge is 0.269 e. The zero-order valence-electron chi connectivity index (χ0n) is 11.2. The average Bonchev–Trinajstić information content (AvgIpc) is 2.42. The summed E-state index contributed by atoms with van der Waals surface area (Å²) in [5.41, 5.74) is 0.857. The number of hydrogen-bond donors (Lipinski definition) is 0. The Balaban J connectivity index is 2.43. The number of allylic oxidation sites excluding steroid dienone is 1. The van der Waals surface area contributed by atoms with Crippen molar-refractivity contribution in [2.45, 2.75) is 39.0 Å². The first kappa shape index (κ1) is 15.1. The van der Waals surface area contributed by atoms with Gasteiger partial charge in [0.15, 0.2) is 5.78 Å². The lowest BCUT2D eigenvalue weighted by atomic mass is 10.1. The van der Waals surface area contributed by atoms with Gasteiger partial charge in [0.2, 0.25) is 0 Å². The molecule has 0 heterocycles. The quantitative estimate of drug-likeness (QED) is 0.306. The van der Waals surface area contributed by atoms with E-state index in [1.807, 2.05) is 0 Å². The number of unbranched alkanes of at least 4 members (excludes halogenated alkanes) is 3. The maximum absolute atomic E-state index is 11.6. The van der Waals surface area contributed by atoms with Gasteiger partial charge in [-0.2, -0.15) is 0 Å². The maximum Gasteiger partial charge on any atom is 0.269 e. The lowest BCUT2D eigenvalue weighted by molar-refractivity contribution is -0.384. The molecule has 1 aromatic carbocycles. The van der Waals surface area contributed by atoms with E-state index in [2.05, 4.69) is 6.92 Å². The van der Waals surface area contributed by atoms with E-state index in [1.165, 1.54) is 18.6 Å². The van der Waals surface area contributed by atoms with E-state index in [1.54, 1.807) is 24.3 Å². The number of non-ortho nitro benzene ring substituents is 1. The van der Waals surface area contributed by atoms with Gasteiger partial charge < -0.3 is 0 Å². The molecule has 1 aromatic rings. The number of nitro groups is 1. The molecule has 0 saturated heterocycles. The standard InChI is InChI=1S/C15H19NO3/c1-2-3-4-5-6-15(17)12-9-13-7-10-14(11-8-13)16(18)19/h7-12H,2-6H2,1H3. The molecular formula is C15H19NO3. The molecule has 0 radical (unpaired) electrons. The largest absolute Gasteiger partial charge is 0.295 e. The summed E-state index contributed by atoms with van der Waals surface area (Å²) in [6.45, 7) is 2.14. The number of carbonyl (C=O) groups is 1. The molecule has 0 aliphatic rings. The Bertz CT molecular complexity index is 449.